The summed E-state index contributed by atoms with van der Waals surface area (Å²) in [4.78, 5) is 82.2. The number of hydrogen-bond acceptors (Lipinski definition) is 13. The van der Waals surface area contributed by atoms with E-state index in [-0.39, 0.29) is 42.3 Å². The molecule has 0 bridgehead atoms. The number of nitrogens with zero attached hydrogens (tertiary/aromatic N) is 8. The first-order valence-electron chi connectivity index (χ1n) is 24.5. The fourth-order valence-corrected chi connectivity index (χ4v) is 10.1. The molecule has 19 heteroatoms. The lowest BCUT2D eigenvalue weighted by Crippen LogP contribution is -2.49. The Labute approximate surface area is 411 Å². The molecule has 4 aliphatic heterocycles. The summed E-state index contributed by atoms with van der Waals surface area (Å²) < 4.78 is 26.7. The number of carbonyl (C=O) groups excluding carboxylic acids is 5. The Hall–Kier alpha value is -7.25. The van der Waals surface area contributed by atoms with E-state index in [0.29, 0.717) is 64.4 Å². The van der Waals surface area contributed by atoms with Crippen LogP contribution in [0.3, 0.4) is 0 Å². The molecule has 0 saturated carbocycles. The molecule has 71 heavy (non-hydrogen) atoms. The predicted octanol–water partition coefficient (Wildman–Crippen LogP) is 6.34. The van der Waals surface area contributed by atoms with Crippen molar-refractivity contribution < 1.29 is 37.8 Å². The van der Waals surface area contributed by atoms with Crippen molar-refractivity contribution in [1.82, 2.24) is 39.8 Å². The number of anilines is 3. The lowest BCUT2D eigenvalue weighted by molar-refractivity contribution is -0.125. The number of esters is 1. The maximum atomic E-state index is 13.6. The van der Waals surface area contributed by atoms with Gasteiger partial charge in [0.2, 0.25) is 12.0 Å². The van der Waals surface area contributed by atoms with Gasteiger partial charge >= 0.3 is 12.0 Å². The maximum Gasteiger partial charge on any atom is 0.361 e. The summed E-state index contributed by atoms with van der Waals surface area (Å²) >= 11 is 0. The molecule has 3 aromatic carbocycles. The van der Waals surface area contributed by atoms with Crippen molar-refractivity contribution >= 4 is 46.9 Å². The Morgan fingerprint density at radius 1 is 0.859 bits per heavy atom. The van der Waals surface area contributed by atoms with Crippen LogP contribution in [0.25, 0.3) is 11.3 Å². The van der Waals surface area contributed by atoms with Crippen LogP contribution in [-0.4, -0.2) is 130 Å². The second-order valence-corrected chi connectivity index (χ2v) is 18.9. The standard InChI is InChI=1S/C52H60FN11O7/c1-70-44-12-7-37(29-43(44)63-28-20-45(65)59-52(63)69)50(67)62-26-16-34(17-27-62)13-21-60-22-14-35(15-23-60)32-61-24-18-41(19-25-61)64-33-38(30-56-64)42-31-55-48(54)46(58-42)51(68)71-47(36-5-3-2-4-6-36)49(66)57-40-10-8-39(53)9-11-40/h2-12,29-31,33-35,41,47H,13-28,32H2,1H3,(H2,54,55)(H,57,66)(H,59,65,69)/t47-/m1/s1. The van der Waals surface area contributed by atoms with Crippen LogP contribution in [0.5, 0.6) is 5.75 Å². The number of ether oxygens (including phenoxy) is 2. The highest BCUT2D eigenvalue weighted by Crippen LogP contribution is 2.33. The number of aromatic nitrogens is 4. The van der Waals surface area contributed by atoms with Crippen molar-refractivity contribution in [2.75, 3.05) is 82.0 Å². The van der Waals surface area contributed by atoms with Gasteiger partial charge in [0, 0.05) is 74.3 Å². The lowest BCUT2D eigenvalue weighted by Gasteiger charge is -2.38. The Morgan fingerprint density at radius 3 is 2.30 bits per heavy atom. The molecule has 18 nitrogen and oxygen atoms in total. The molecule has 2 aromatic heterocycles. The number of amides is 5. The summed E-state index contributed by atoms with van der Waals surface area (Å²) in [6, 6.07) is 18.6. The third-order valence-corrected chi connectivity index (χ3v) is 14.2. The number of urea groups is 1. The van der Waals surface area contributed by atoms with Gasteiger partial charge in [0.1, 0.15) is 11.6 Å². The number of nitrogens with one attached hydrogen (secondary N) is 2. The van der Waals surface area contributed by atoms with Gasteiger partial charge in [-0.1, -0.05) is 30.3 Å². The summed E-state index contributed by atoms with van der Waals surface area (Å²) in [5.41, 5.74) is 8.70. The van der Waals surface area contributed by atoms with Gasteiger partial charge in [0.25, 0.3) is 11.8 Å². The second-order valence-electron chi connectivity index (χ2n) is 18.9. The van der Waals surface area contributed by atoms with E-state index in [1.54, 1.807) is 54.7 Å². The number of imide groups is 1. The highest BCUT2D eigenvalue weighted by atomic mass is 19.1. The number of nitrogens with two attached hydrogens (primary N) is 1. The SMILES string of the molecule is COc1ccc(C(=O)N2CCC(CCN3CCC(CN4CCC(n5cc(-c6cnc(N)c(C(=O)O[C@@H](C(=O)Nc7ccc(F)cc7)c7ccccc7)n6)cn5)CC4)CC3)CC2)cc1N1CCC(=O)NC1=O. The molecule has 5 aromatic rings. The number of rotatable bonds is 15. The van der Waals surface area contributed by atoms with Gasteiger partial charge in [-0.2, -0.15) is 5.10 Å². The maximum absolute atomic E-state index is 13.6. The Kier molecular flexibility index (Phi) is 15.3. The van der Waals surface area contributed by atoms with Crippen molar-refractivity contribution in [2.45, 2.75) is 63.5 Å². The molecule has 5 amide bonds. The molecule has 4 N–H and O–H groups in total. The van der Waals surface area contributed by atoms with Crippen LogP contribution in [0.1, 0.15) is 89.9 Å². The molecule has 1 atom stereocenters. The minimum atomic E-state index is -1.35. The molecule has 4 aliphatic rings. The second kappa shape index (κ2) is 22.2. The quantitative estimate of drug-likeness (QED) is 0.0979. The fraction of sp³-hybridized carbons (Fsp3) is 0.423. The van der Waals surface area contributed by atoms with E-state index >= 15 is 0 Å². The number of halogens is 1. The monoisotopic (exact) mass is 969 g/mol. The van der Waals surface area contributed by atoms with E-state index in [9.17, 15) is 28.4 Å². The number of methoxy groups -OCH3 is 1. The summed E-state index contributed by atoms with van der Waals surface area (Å²) in [5, 5.41) is 9.70. The molecule has 6 heterocycles. The van der Waals surface area contributed by atoms with Gasteiger partial charge in [-0.15, -0.1) is 0 Å². The number of likely N-dealkylation sites (tertiary alicyclic amines) is 3. The van der Waals surface area contributed by atoms with Crippen LogP contribution in [0.15, 0.2) is 91.4 Å². The average Bonchev–Trinajstić information content (AvgIpc) is 3.89. The minimum absolute atomic E-state index is 0.0598. The zero-order chi connectivity index (χ0) is 49.4. The highest BCUT2D eigenvalue weighted by molar-refractivity contribution is 6.07. The number of hydrogen-bond donors (Lipinski definition) is 3. The summed E-state index contributed by atoms with van der Waals surface area (Å²) in [5.74, 6) is -0.831. The van der Waals surface area contributed by atoms with E-state index in [1.165, 1.54) is 55.3 Å². The van der Waals surface area contributed by atoms with Crippen molar-refractivity contribution in [3.63, 3.8) is 0 Å². The molecule has 9 rings (SSSR count). The largest absolute Gasteiger partial charge is 0.495 e. The van der Waals surface area contributed by atoms with Gasteiger partial charge in [0.05, 0.1) is 36.9 Å². The van der Waals surface area contributed by atoms with Crippen LogP contribution >= 0.6 is 0 Å². The van der Waals surface area contributed by atoms with Crippen molar-refractivity contribution in [2.24, 2.45) is 11.8 Å². The number of benzene rings is 3. The molecular formula is C52H60FN11O7. The zero-order valence-electron chi connectivity index (χ0n) is 39.9. The minimum Gasteiger partial charge on any atom is -0.495 e. The Bertz CT molecular complexity index is 2700. The van der Waals surface area contributed by atoms with E-state index in [2.05, 4.69) is 35.5 Å². The van der Waals surface area contributed by atoms with Gasteiger partial charge < -0.3 is 35.2 Å². The van der Waals surface area contributed by atoms with Crippen molar-refractivity contribution in [3.05, 3.63) is 114 Å². The summed E-state index contributed by atoms with van der Waals surface area (Å²) in [6.07, 6.45) is 11.3. The van der Waals surface area contributed by atoms with E-state index in [4.69, 9.17) is 15.2 Å². The molecule has 4 saturated heterocycles. The van der Waals surface area contributed by atoms with Crippen molar-refractivity contribution in [3.8, 4) is 17.0 Å². The van der Waals surface area contributed by atoms with E-state index < -0.39 is 29.8 Å². The van der Waals surface area contributed by atoms with Gasteiger partial charge in [-0.3, -0.25) is 29.3 Å². The van der Waals surface area contributed by atoms with Crippen LogP contribution < -0.4 is 26.0 Å². The summed E-state index contributed by atoms with van der Waals surface area (Å²) in [7, 11) is 1.52. The van der Waals surface area contributed by atoms with E-state index in [1.807, 2.05) is 15.8 Å². The first-order valence-corrected chi connectivity index (χ1v) is 24.5. The van der Waals surface area contributed by atoms with Crippen LogP contribution in [-0.2, 0) is 14.3 Å². The third kappa shape index (κ3) is 11.9. The lowest BCUT2D eigenvalue weighted by atomic mass is 9.91. The molecule has 0 spiro atoms. The fourth-order valence-electron chi connectivity index (χ4n) is 10.1. The Balaban J connectivity index is 0.700. The highest BCUT2D eigenvalue weighted by Gasteiger charge is 2.32. The van der Waals surface area contributed by atoms with Gasteiger partial charge in [-0.05, 0) is 119 Å². The normalized spacial score (nSPS) is 18.2. The van der Waals surface area contributed by atoms with Crippen LogP contribution in [0.4, 0.5) is 26.4 Å². The van der Waals surface area contributed by atoms with Gasteiger partial charge in [-0.25, -0.2) is 23.9 Å². The van der Waals surface area contributed by atoms with Gasteiger partial charge in [0.15, 0.2) is 11.5 Å². The van der Waals surface area contributed by atoms with Crippen LogP contribution in [0.2, 0.25) is 0 Å². The first-order chi connectivity index (χ1) is 34.5. The molecule has 0 unspecified atom stereocenters. The number of nitrogen functional groups attached to an aromatic ring is 1. The number of piperidine rings is 3. The molecule has 4 fully saturated rings. The van der Waals surface area contributed by atoms with Crippen LogP contribution in [0, 0.1) is 17.7 Å². The molecule has 372 valence electrons. The van der Waals surface area contributed by atoms with Crippen molar-refractivity contribution in [1.29, 1.82) is 0 Å². The molecule has 0 aliphatic carbocycles. The zero-order valence-corrected chi connectivity index (χ0v) is 39.9. The predicted molar refractivity (Wildman–Crippen MR) is 263 cm³/mol. The Morgan fingerprint density at radius 2 is 1.58 bits per heavy atom. The first kappa shape index (κ1) is 48.8. The molecule has 0 radical (unpaired) electrons. The smallest absolute Gasteiger partial charge is 0.361 e. The topological polar surface area (TPSA) is 210 Å². The third-order valence-electron chi connectivity index (χ3n) is 14.2. The molecular weight excluding hydrogens is 910 g/mol. The number of carbonyl (C=O) groups is 5. The summed E-state index contributed by atoms with van der Waals surface area (Å²) in [6.45, 7) is 7.95. The van der Waals surface area contributed by atoms with E-state index in [0.717, 1.165) is 71.4 Å². The average molecular weight is 970 g/mol.